The number of hydrogen-bond acceptors (Lipinski definition) is 3. The summed E-state index contributed by atoms with van der Waals surface area (Å²) in [7, 11) is 0. The summed E-state index contributed by atoms with van der Waals surface area (Å²) < 4.78 is 0. The summed E-state index contributed by atoms with van der Waals surface area (Å²) in [6, 6.07) is 0. The first-order chi connectivity index (χ1) is 5.71. The van der Waals surface area contributed by atoms with Crippen molar-refractivity contribution in [2.45, 2.75) is 44.8 Å². The van der Waals surface area contributed by atoms with Crippen molar-refractivity contribution in [2.75, 3.05) is 0 Å². The molecule has 0 aliphatic carbocycles. The third kappa shape index (κ3) is 2.47. The lowest BCUT2D eigenvalue weighted by Gasteiger charge is -2.00. The van der Waals surface area contributed by atoms with Crippen LogP contribution in [0.15, 0.2) is 0 Å². The van der Waals surface area contributed by atoms with Gasteiger partial charge in [-0.2, -0.15) is 9.78 Å². The molecule has 1 saturated heterocycles. The standard InChI is InChI=1S/C8H14O3S/c1-2-3-4-5-6-8(7(9)12)10-11-8/h2-6H2,1H3,(H,9,12). The van der Waals surface area contributed by atoms with Crippen molar-refractivity contribution in [3.63, 3.8) is 0 Å². The van der Waals surface area contributed by atoms with Crippen molar-refractivity contribution in [3.8, 4) is 0 Å². The topological polar surface area (TPSA) is 42.1 Å². The number of hydrogen-bond donors (Lipinski definition) is 1. The second kappa shape index (κ2) is 4.25. The second-order valence-electron chi connectivity index (χ2n) is 3.04. The molecule has 0 radical (unpaired) electrons. The minimum absolute atomic E-state index is 0.320. The average molecular weight is 190 g/mol. The van der Waals surface area contributed by atoms with E-state index in [1.807, 2.05) is 0 Å². The van der Waals surface area contributed by atoms with E-state index in [1.165, 1.54) is 12.8 Å². The van der Waals surface area contributed by atoms with Crippen molar-refractivity contribution in [1.29, 1.82) is 0 Å². The van der Waals surface area contributed by atoms with E-state index in [0.717, 1.165) is 12.8 Å². The van der Waals surface area contributed by atoms with Crippen LogP contribution < -0.4 is 0 Å². The highest BCUT2D eigenvalue weighted by atomic mass is 32.1. The van der Waals surface area contributed by atoms with Crippen LogP contribution in [0.1, 0.15) is 39.0 Å². The fraction of sp³-hybridized carbons (Fsp3) is 0.875. The molecule has 1 fully saturated rings. The summed E-state index contributed by atoms with van der Waals surface area (Å²) in [4.78, 5) is 20.0. The molecule has 3 nitrogen and oxygen atoms in total. The van der Waals surface area contributed by atoms with E-state index in [0.29, 0.717) is 6.42 Å². The van der Waals surface area contributed by atoms with E-state index < -0.39 is 5.79 Å². The zero-order valence-corrected chi connectivity index (χ0v) is 8.10. The van der Waals surface area contributed by atoms with Crippen LogP contribution in [0.25, 0.3) is 0 Å². The van der Waals surface area contributed by atoms with E-state index in [9.17, 15) is 4.79 Å². The van der Waals surface area contributed by atoms with E-state index >= 15 is 0 Å². The monoisotopic (exact) mass is 190 g/mol. The van der Waals surface area contributed by atoms with E-state index in [-0.39, 0.29) is 5.12 Å². The lowest BCUT2D eigenvalue weighted by atomic mass is 10.1. The van der Waals surface area contributed by atoms with E-state index in [4.69, 9.17) is 0 Å². The Balaban J connectivity index is 2.10. The Labute approximate surface area is 77.8 Å². The Hall–Kier alpha value is -0.0600. The highest BCUT2D eigenvalue weighted by Crippen LogP contribution is 2.37. The van der Waals surface area contributed by atoms with Gasteiger partial charge in [-0.3, -0.25) is 4.79 Å². The van der Waals surface area contributed by atoms with Crippen molar-refractivity contribution >= 4 is 17.7 Å². The summed E-state index contributed by atoms with van der Waals surface area (Å²) >= 11 is 3.68. The highest BCUT2D eigenvalue weighted by molar-refractivity contribution is 7.96. The maximum atomic E-state index is 10.8. The quantitative estimate of drug-likeness (QED) is 0.302. The fourth-order valence-electron chi connectivity index (χ4n) is 1.10. The summed E-state index contributed by atoms with van der Waals surface area (Å²) in [6.07, 6.45) is 5.09. The van der Waals surface area contributed by atoms with E-state index in [2.05, 4.69) is 29.3 Å². The van der Waals surface area contributed by atoms with Gasteiger partial charge in [-0.15, -0.1) is 0 Å². The van der Waals surface area contributed by atoms with Gasteiger partial charge in [-0.25, -0.2) is 0 Å². The first kappa shape index (κ1) is 10.0. The summed E-state index contributed by atoms with van der Waals surface area (Å²) in [5, 5.41) is -0.320. The summed E-state index contributed by atoms with van der Waals surface area (Å²) in [5.41, 5.74) is 0. The third-order valence-corrected chi connectivity index (χ3v) is 2.31. The van der Waals surface area contributed by atoms with Crippen LogP contribution in [0.2, 0.25) is 0 Å². The first-order valence-corrected chi connectivity index (χ1v) is 4.76. The lowest BCUT2D eigenvalue weighted by Crippen LogP contribution is -2.18. The predicted octanol–water partition coefficient (Wildman–Crippen LogP) is 2.07. The molecule has 0 aromatic carbocycles. The molecule has 1 aliphatic heterocycles. The Morgan fingerprint density at radius 2 is 2.00 bits per heavy atom. The Morgan fingerprint density at radius 3 is 2.42 bits per heavy atom. The molecule has 70 valence electrons. The molecular formula is C8H14O3S. The van der Waals surface area contributed by atoms with Gasteiger partial charge in [0.1, 0.15) is 0 Å². The molecule has 0 saturated carbocycles. The van der Waals surface area contributed by atoms with Gasteiger partial charge >= 0.3 is 5.79 Å². The molecule has 0 N–H and O–H groups in total. The third-order valence-electron chi connectivity index (χ3n) is 1.97. The smallest absolute Gasteiger partial charge is 0.281 e. The first-order valence-electron chi connectivity index (χ1n) is 4.31. The largest absolute Gasteiger partial charge is 0.301 e. The van der Waals surface area contributed by atoms with Gasteiger partial charge in [0.05, 0.1) is 0 Å². The number of rotatable bonds is 6. The second-order valence-corrected chi connectivity index (χ2v) is 3.44. The van der Waals surface area contributed by atoms with Gasteiger partial charge in [-0.05, 0) is 6.42 Å². The lowest BCUT2D eigenvalue weighted by molar-refractivity contribution is -0.116. The van der Waals surface area contributed by atoms with Crippen LogP contribution in [0.5, 0.6) is 0 Å². The summed E-state index contributed by atoms with van der Waals surface area (Å²) in [5.74, 6) is -0.975. The van der Waals surface area contributed by atoms with E-state index in [1.54, 1.807) is 0 Å². The molecule has 0 amide bonds. The molecule has 4 heteroatoms. The Morgan fingerprint density at radius 1 is 1.33 bits per heavy atom. The zero-order valence-electron chi connectivity index (χ0n) is 7.21. The molecule has 0 aromatic rings. The molecule has 0 aromatic heterocycles. The number of carbonyl (C=O) groups is 1. The zero-order chi connectivity index (χ0) is 9.03. The molecule has 0 bridgehead atoms. The van der Waals surface area contributed by atoms with Gasteiger partial charge in [0, 0.05) is 6.42 Å². The van der Waals surface area contributed by atoms with Crippen LogP contribution in [0.3, 0.4) is 0 Å². The van der Waals surface area contributed by atoms with Crippen LogP contribution in [0, 0.1) is 0 Å². The van der Waals surface area contributed by atoms with Crippen LogP contribution in [-0.4, -0.2) is 10.9 Å². The van der Waals surface area contributed by atoms with Gasteiger partial charge in [-0.1, -0.05) is 38.8 Å². The predicted molar refractivity (Wildman–Crippen MR) is 47.7 cm³/mol. The molecule has 1 aliphatic rings. The SMILES string of the molecule is CCCCCCC1(C(=O)S)OO1. The average Bonchev–Trinajstić information content (AvgIpc) is 2.79. The Bertz CT molecular complexity index is 166. The fourth-order valence-corrected chi connectivity index (χ4v) is 1.28. The maximum absolute atomic E-state index is 10.8. The van der Waals surface area contributed by atoms with Crippen molar-refractivity contribution in [3.05, 3.63) is 0 Å². The minimum Gasteiger partial charge on any atom is -0.281 e. The van der Waals surface area contributed by atoms with Crippen LogP contribution >= 0.6 is 12.6 Å². The van der Waals surface area contributed by atoms with Gasteiger partial charge in [0.2, 0.25) is 0 Å². The highest BCUT2D eigenvalue weighted by Gasteiger charge is 2.54. The maximum Gasteiger partial charge on any atom is 0.301 e. The number of carbonyl (C=O) groups excluding carboxylic acids is 1. The Kier molecular flexibility index (Phi) is 3.55. The molecule has 0 unspecified atom stereocenters. The van der Waals surface area contributed by atoms with Crippen LogP contribution in [-0.2, 0) is 14.6 Å². The molecule has 1 heterocycles. The van der Waals surface area contributed by atoms with Gasteiger partial charge in [0.15, 0.2) is 0 Å². The number of unbranched alkanes of at least 4 members (excludes halogenated alkanes) is 3. The number of thiol groups is 1. The van der Waals surface area contributed by atoms with Crippen LogP contribution in [0.4, 0.5) is 0 Å². The van der Waals surface area contributed by atoms with Crippen molar-refractivity contribution in [2.24, 2.45) is 0 Å². The normalized spacial score (nSPS) is 19.2. The minimum atomic E-state index is -0.975. The molecule has 1 rings (SSSR count). The molecular weight excluding hydrogens is 176 g/mol. The summed E-state index contributed by atoms with van der Waals surface area (Å²) in [6.45, 7) is 2.14. The van der Waals surface area contributed by atoms with Crippen molar-refractivity contribution < 1.29 is 14.6 Å². The molecule has 12 heavy (non-hydrogen) atoms. The molecule has 0 atom stereocenters. The molecule has 0 spiro atoms. The van der Waals surface area contributed by atoms with Gasteiger partial charge < -0.3 is 0 Å². The van der Waals surface area contributed by atoms with Crippen molar-refractivity contribution in [1.82, 2.24) is 0 Å². The van der Waals surface area contributed by atoms with Gasteiger partial charge in [0.25, 0.3) is 5.12 Å².